The van der Waals surface area contributed by atoms with Crippen LogP contribution in [0.3, 0.4) is 0 Å². The van der Waals surface area contributed by atoms with Gasteiger partial charge in [-0.25, -0.2) is 4.98 Å². The molecule has 0 saturated carbocycles. The maximum atomic E-state index is 4.65. The lowest BCUT2D eigenvalue weighted by Gasteiger charge is -2.24. The summed E-state index contributed by atoms with van der Waals surface area (Å²) in [4.78, 5) is 11.5. The van der Waals surface area contributed by atoms with Crippen molar-refractivity contribution in [2.45, 2.75) is 26.7 Å². The van der Waals surface area contributed by atoms with E-state index in [4.69, 9.17) is 0 Å². The molecule has 2 aliphatic rings. The lowest BCUT2D eigenvalue weighted by Crippen LogP contribution is -2.30. The summed E-state index contributed by atoms with van der Waals surface area (Å²) in [6.45, 7) is 8.67. The van der Waals surface area contributed by atoms with Gasteiger partial charge in [0.15, 0.2) is 0 Å². The SMILES string of the molecule is Cc1cnc(C)c(N2CCC3(CCNC3)C2)n1. The van der Waals surface area contributed by atoms with E-state index in [1.165, 1.54) is 25.9 Å². The van der Waals surface area contributed by atoms with Gasteiger partial charge >= 0.3 is 0 Å². The Morgan fingerprint density at radius 1 is 1.35 bits per heavy atom. The van der Waals surface area contributed by atoms with Gasteiger partial charge < -0.3 is 10.2 Å². The molecular formula is C13H20N4. The first-order valence-electron chi connectivity index (χ1n) is 6.45. The van der Waals surface area contributed by atoms with E-state index in [1.54, 1.807) is 0 Å². The summed E-state index contributed by atoms with van der Waals surface area (Å²) >= 11 is 0. The van der Waals surface area contributed by atoms with Crippen LogP contribution in [0.2, 0.25) is 0 Å². The number of anilines is 1. The number of rotatable bonds is 1. The van der Waals surface area contributed by atoms with E-state index in [-0.39, 0.29) is 0 Å². The zero-order valence-electron chi connectivity index (χ0n) is 10.7. The molecule has 92 valence electrons. The standard InChI is InChI=1S/C13H20N4/c1-10-7-15-11(2)12(16-10)17-6-4-13(9-17)3-5-14-8-13/h7,14H,3-6,8-9H2,1-2H3. The molecule has 0 bridgehead atoms. The van der Waals surface area contributed by atoms with Crippen molar-refractivity contribution in [3.8, 4) is 0 Å². The first-order chi connectivity index (χ1) is 8.19. The van der Waals surface area contributed by atoms with Crippen LogP contribution in [-0.2, 0) is 0 Å². The van der Waals surface area contributed by atoms with Crippen molar-refractivity contribution >= 4 is 5.82 Å². The molecule has 0 amide bonds. The van der Waals surface area contributed by atoms with Gasteiger partial charge in [-0.05, 0) is 33.2 Å². The quantitative estimate of drug-likeness (QED) is 0.792. The highest BCUT2D eigenvalue weighted by Gasteiger charge is 2.41. The Kier molecular flexibility index (Phi) is 2.54. The molecule has 1 aromatic rings. The minimum Gasteiger partial charge on any atom is -0.354 e. The Bertz CT molecular complexity index is 423. The summed E-state index contributed by atoms with van der Waals surface area (Å²) in [5.41, 5.74) is 2.56. The molecule has 1 aromatic heterocycles. The number of aryl methyl sites for hydroxylation is 2. The minimum atomic E-state index is 0.498. The summed E-state index contributed by atoms with van der Waals surface area (Å²) < 4.78 is 0. The second kappa shape index (κ2) is 3.95. The summed E-state index contributed by atoms with van der Waals surface area (Å²) in [6, 6.07) is 0. The van der Waals surface area contributed by atoms with Crippen LogP contribution in [0, 0.1) is 19.3 Å². The van der Waals surface area contributed by atoms with Gasteiger partial charge in [-0.1, -0.05) is 0 Å². The molecule has 3 rings (SSSR count). The van der Waals surface area contributed by atoms with Crippen molar-refractivity contribution in [2.24, 2.45) is 5.41 Å². The maximum absolute atomic E-state index is 4.65. The van der Waals surface area contributed by atoms with Crippen molar-refractivity contribution in [3.63, 3.8) is 0 Å². The fraction of sp³-hybridized carbons (Fsp3) is 0.692. The van der Waals surface area contributed by atoms with Gasteiger partial charge in [-0.15, -0.1) is 0 Å². The second-order valence-electron chi connectivity index (χ2n) is 5.52. The third kappa shape index (κ3) is 1.90. The molecule has 2 saturated heterocycles. The Hall–Kier alpha value is -1.16. The fourth-order valence-corrected chi connectivity index (χ4v) is 3.08. The second-order valence-corrected chi connectivity index (χ2v) is 5.52. The van der Waals surface area contributed by atoms with Crippen LogP contribution in [0.25, 0.3) is 0 Å². The highest BCUT2D eigenvalue weighted by molar-refractivity contribution is 5.45. The van der Waals surface area contributed by atoms with Crippen molar-refractivity contribution in [3.05, 3.63) is 17.6 Å². The lowest BCUT2D eigenvalue weighted by molar-refractivity contribution is 0.369. The molecule has 3 heterocycles. The Morgan fingerprint density at radius 2 is 2.24 bits per heavy atom. The van der Waals surface area contributed by atoms with Gasteiger partial charge in [0.05, 0.1) is 11.4 Å². The molecule has 2 aliphatic heterocycles. The third-order valence-electron chi connectivity index (χ3n) is 4.12. The summed E-state index contributed by atoms with van der Waals surface area (Å²) in [6.07, 6.45) is 4.44. The van der Waals surface area contributed by atoms with Gasteiger partial charge in [0, 0.05) is 31.2 Å². The van der Waals surface area contributed by atoms with Crippen LogP contribution in [0.4, 0.5) is 5.82 Å². The number of aromatic nitrogens is 2. The Balaban J connectivity index is 1.84. The number of hydrogen-bond acceptors (Lipinski definition) is 4. The van der Waals surface area contributed by atoms with Crippen LogP contribution < -0.4 is 10.2 Å². The zero-order chi connectivity index (χ0) is 11.9. The molecular weight excluding hydrogens is 212 g/mol. The first kappa shape index (κ1) is 11.0. The van der Waals surface area contributed by atoms with Crippen LogP contribution in [0.1, 0.15) is 24.2 Å². The van der Waals surface area contributed by atoms with Crippen LogP contribution in [0.5, 0.6) is 0 Å². The third-order valence-corrected chi connectivity index (χ3v) is 4.12. The van der Waals surface area contributed by atoms with Crippen LogP contribution in [-0.4, -0.2) is 36.1 Å². The van der Waals surface area contributed by atoms with Gasteiger partial charge in [0.1, 0.15) is 5.82 Å². The largest absolute Gasteiger partial charge is 0.354 e. The summed E-state index contributed by atoms with van der Waals surface area (Å²) in [5.74, 6) is 1.09. The monoisotopic (exact) mass is 232 g/mol. The molecule has 1 unspecified atom stereocenters. The van der Waals surface area contributed by atoms with Crippen molar-refractivity contribution in [2.75, 3.05) is 31.1 Å². The fourth-order valence-electron chi connectivity index (χ4n) is 3.08. The average Bonchev–Trinajstić information content (AvgIpc) is 2.94. The normalized spacial score (nSPS) is 28.2. The zero-order valence-corrected chi connectivity index (χ0v) is 10.7. The minimum absolute atomic E-state index is 0.498. The van der Waals surface area contributed by atoms with Gasteiger partial charge in [-0.2, -0.15) is 0 Å². The topological polar surface area (TPSA) is 41.1 Å². The summed E-state index contributed by atoms with van der Waals surface area (Å²) in [7, 11) is 0. The van der Waals surface area contributed by atoms with Crippen molar-refractivity contribution < 1.29 is 0 Å². The van der Waals surface area contributed by atoms with E-state index in [0.717, 1.165) is 30.3 Å². The molecule has 4 heteroatoms. The number of nitrogens with one attached hydrogen (secondary N) is 1. The maximum Gasteiger partial charge on any atom is 0.150 e. The molecule has 2 fully saturated rings. The molecule has 17 heavy (non-hydrogen) atoms. The molecule has 4 nitrogen and oxygen atoms in total. The van der Waals surface area contributed by atoms with Crippen molar-refractivity contribution in [1.29, 1.82) is 0 Å². The molecule has 1 spiro atoms. The van der Waals surface area contributed by atoms with Gasteiger partial charge in [0.2, 0.25) is 0 Å². The van der Waals surface area contributed by atoms with E-state index in [1.807, 2.05) is 13.1 Å². The van der Waals surface area contributed by atoms with E-state index in [2.05, 4.69) is 27.1 Å². The van der Waals surface area contributed by atoms with Crippen molar-refractivity contribution in [1.82, 2.24) is 15.3 Å². The molecule has 1 N–H and O–H groups in total. The number of hydrogen-bond donors (Lipinski definition) is 1. The first-order valence-corrected chi connectivity index (χ1v) is 6.45. The van der Waals surface area contributed by atoms with E-state index >= 15 is 0 Å². The molecule has 1 atom stereocenters. The predicted molar refractivity (Wildman–Crippen MR) is 68.3 cm³/mol. The highest BCUT2D eigenvalue weighted by atomic mass is 15.2. The smallest absolute Gasteiger partial charge is 0.150 e. The average molecular weight is 232 g/mol. The highest BCUT2D eigenvalue weighted by Crippen LogP contribution is 2.38. The molecule has 0 aromatic carbocycles. The Morgan fingerprint density at radius 3 is 3.00 bits per heavy atom. The van der Waals surface area contributed by atoms with Gasteiger partial charge in [0.25, 0.3) is 0 Å². The molecule has 0 aliphatic carbocycles. The Labute approximate surface area is 102 Å². The van der Waals surface area contributed by atoms with E-state index in [0.29, 0.717) is 5.41 Å². The van der Waals surface area contributed by atoms with E-state index < -0.39 is 0 Å². The van der Waals surface area contributed by atoms with Crippen LogP contribution >= 0.6 is 0 Å². The summed E-state index contributed by atoms with van der Waals surface area (Å²) in [5, 5.41) is 3.49. The lowest BCUT2D eigenvalue weighted by atomic mass is 9.87. The van der Waals surface area contributed by atoms with Crippen LogP contribution in [0.15, 0.2) is 6.20 Å². The van der Waals surface area contributed by atoms with Gasteiger partial charge in [-0.3, -0.25) is 4.98 Å². The van der Waals surface area contributed by atoms with E-state index in [9.17, 15) is 0 Å². The number of nitrogens with zero attached hydrogens (tertiary/aromatic N) is 3. The molecule has 0 radical (unpaired) electrons. The predicted octanol–water partition coefficient (Wildman–Crippen LogP) is 1.28.